The third-order valence-electron chi connectivity index (χ3n) is 6.20. The van der Waals surface area contributed by atoms with Crippen molar-refractivity contribution in [3.63, 3.8) is 0 Å². The van der Waals surface area contributed by atoms with Crippen molar-refractivity contribution in [1.82, 2.24) is 0 Å². The van der Waals surface area contributed by atoms with E-state index in [1.807, 2.05) is 0 Å². The van der Waals surface area contributed by atoms with Crippen LogP contribution in [0.3, 0.4) is 0 Å². The lowest BCUT2D eigenvalue weighted by Crippen LogP contribution is -2.61. The highest BCUT2D eigenvalue weighted by Crippen LogP contribution is 2.63. The number of fused-ring (bicyclic) bond motifs is 2. The molecule has 0 aromatic heterocycles. The maximum absolute atomic E-state index is 12.4. The highest BCUT2D eigenvalue weighted by Gasteiger charge is 2.65. The number of esters is 1. The van der Waals surface area contributed by atoms with Gasteiger partial charge in [-0.1, -0.05) is 13.3 Å². The zero-order valence-electron chi connectivity index (χ0n) is 12.9. The van der Waals surface area contributed by atoms with Crippen LogP contribution in [0.4, 0.5) is 0 Å². The third kappa shape index (κ3) is 1.70. The molecule has 0 radical (unpaired) electrons. The van der Waals surface area contributed by atoms with Crippen molar-refractivity contribution in [3.05, 3.63) is 0 Å². The van der Waals surface area contributed by atoms with Crippen molar-refractivity contribution in [2.75, 3.05) is 20.3 Å². The van der Waals surface area contributed by atoms with E-state index in [0.717, 1.165) is 38.5 Å². The number of hydrogen-bond donors (Lipinski definition) is 0. The summed E-state index contributed by atoms with van der Waals surface area (Å²) in [5.74, 6) is -0.252. The van der Waals surface area contributed by atoms with E-state index in [2.05, 4.69) is 13.8 Å². The van der Waals surface area contributed by atoms with Crippen LogP contribution < -0.4 is 0 Å². The Kier molecular flexibility index (Phi) is 3.37. The fraction of sp³-hybridized carbons (Fsp3) is 0.938. The number of rotatable bonds is 1. The second-order valence-electron chi connectivity index (χ2n) is 7.07. The minimum atomic E-state index is -0.467. The quantitative estimate of drug-likeness (QED) is 0.694. The average molecular weight is 282 g/mol. The summed E-state index contributed by atoms with van der Waals surface area (Å²) in [6, 6.07) is 0. The van der Waals surface area contributed by atoms with Gasteiger partial charge in [-0.15, -0.1) is 0 Å². The first kappa shape index (κ1) is 14.3. The number of ether oxygens (including phenoxy) is 3. The van der Waals surface area contributed by atoms with Crippen molar-refractivity contribution >= 4 is 5.97 Å². The summed E-state index contributed by atoms with van der Waals surface area (Å²) in [4.78, 5) is 12.4. The molecule has 0 amide bonds. The van der Waals surface area contributed by atoms with E-state index in [1.54, 1.807) is 0 Å². The molecule has 20 heavy (non-hydrogen) atoms. The first-order valence-corrected chi connectivity index (χ1v) is 7.85. The second kappa shape index (κ2) is 4.70. The zero-order chi connectivity index (χ0) is 14.4. The molecule has 1 aliphatic heterocycles. The first-order chi connectivity index (χ1) is 9.48. The van der Waals surface area contributed by atoms with Crippen molar-refractivity contribution in [2.24, 2.45) is 16.7 Å². The highest BCUT2D eigenvalue weighted by atomic mass is 16.7. The fourth-order valence-electron chi connectivity index (χ4n) is 5.20. The molecule has 3 atom stereocenters. The zero-order valence-corrected chi connectivity index (χ0v) is 12.9. The lowest BCUT2D eigenvalue weighted by Gasteiger charge is -2.59. The monoisotopic (exact) mass is 282 g/mol. The molecule has 1 saturated heterocycles. The molecule has 4 heteroatoms. The Morgan fingerprint density at radius 2 is 1.80 bits per heavy atom. The van der Waals surface area contributed by atoms with E-state index in [9.17, 15) is 4.79 Å². The van der Waals surface area contributed by atoms with Crippen molar-refractivity contribution in [1.29, 1.82) is 0 Å². The molecule has 0 N–H and O–H groups in total. The normalized spacial score (nSPS) is 43.2. The molecule has 2 saturated carbocycles. The van der Waals surface area contributed by atoms with Gasteiger partial charge in [0.1, 0.15) is 0 Å². The first-order valence-electron chi connectivity index (χ1n) is 7.85. The van der Waals surface area contributed by atoms with Crippen LogP contribution in [0.2, 0.25) is 0 Å². The minimum absolute atomic E-state index is 0.0662. The number of carbonyl (C=O) groups excluding carboxylic acids is 1. The summed E-state index contributed by atoms with van der Waals surface area (Å²) in [6.45, 7) is 5.70. The summed E-state index contributed by atoms with van der Waals surface area (Å²) < 4.78 is 17.3. The Labute approximate surface area is 121 Å². The van der Waals surface area contributed by atoms with Crippen LogP contribution in [-0.2, 0) is 19.0 Å². The molecule has 0 aromatic rings. The maximum atomic E-state index is 12.4. The third-order valence-corrected chi connectivity index (χ3v) is 6.20. The molecule has 0 unspecified atom stereocenters. The molecule has 114 valence electrons. The summed E-state index contributed by atoms with van der Waals surface area (Å²) in [5.41, 5.74) is -0.479. The summed E-state index contributed by atoms with van der Waals surface area (Å²) in [5, 5.41) is 0. The van der Waals surface area contributed by atoms with Gasteiger partial charge in [0.2, 0.25) is 0 Å². The SMILES string of the molecule is COC(=O)[C@]1(C)CCC[C@]2(C)[C@@H]1CCCC21OCCO1. The van der Waals surface area contributed by atoms with Gasteiger partial charge in [-0.25, -0.2) is 0 Å². The Balaban J connectivity index is 2.00. The van der Waals surface area contributed by atoms with Crippen LogP contribution in [0.15, 0.2) is 0 Å². The second-order valence-corrected chi connectivity index (χ2v) is 7.07. The van der Waals surface area contributed by atoms with E-state index >= 15 is 0 Å². The molecular weight excluding hydrogens is 256 g/mol. The van der Waals surface area contributed by atoms with Gasteiger partial charge >= 0.3 is 5.97 Å². The molecule has 4 nitrogen and oxygen atoms in total. The van der Waals surface area contributed by atoms with E-state index in [4.69, 9.17) is 14.2 Å². The topological polar surface area (TPSA) is 44.8 Å². The lowest BCUT2D eigenvalue weighted by molar-refractivity contribution is -0.290. The molecule has 3 fully saturated rings. The molecule has 0 aromatic carbocycles. The lowest BCUT2D eigenvalue weighted by atomic mass is 9.49. The predicted molar refractivity (Wildman–Crippen MR) is 74.1 cm³/mol. The van der Waals surface area contributed by atoms with Crippen LogP contribution in [0.1, 0.15) is 52.4 Å². The maximum Gasteiger partial charge on any atom is 0.311 e. The van der Waals surface area contributed by atoms with Gasteiger partial charge in [-0.05, 0) is 38.5 Å². The molecule has 3 aliphatic rings. The smallest absolute Gasteiger partial charge is 0.311 e. The highest BCUT2D eigenvalue weighted by molar-refractivity contribution is 5.77. The predicted octanol–water partition coefficient (Wildman–Crippen LogP) is 2.90. The van der Waals surface area contributed by atoms with Gasteiger partial charge in [0.05, 0.1) is 25.7 Å². The van der Waals surface area contributed by atoms with Gasteiger partial charge in [0.15, 0.2) is 5.79 Å². The minimum Gasteiger partial charge on any atom is -0.469 e. The Hall–Kier alpha value is -0.610. The Morgan fingerprint density at radius 3 is 2.45 bits per heavy atom. The van der Waals surface area contributed by atoms with Crippen LogP contribution in [0.5, 0.6) is 0 Å². The Morgan fingerprint density at radius 1 is 1.10 bits per heavy atom. The number of carbonyl (C=O) groups is 1. The van der Waals surface area contributed by atoms with Crippen LogP contribution >= 0.6 is 0 Å². The van der Waals surface area contributed by atoms with Crippen LogP contribution in [-0.4, -0.2) is 32.1 Å². The van der Waals surface area contributed by atoms with Gasteiger partial charge in [0.25, 0.3) is 0 Å². The molecule has 1 heterocycles. The Bertz CT molecular complexity index is 401. The molecule has 0 bridgehead atoms. The van der Waals surface area contributed by atoms with E-state index in [-0.39, 0.29) is 17.3 Å². The number of methoxy groups -OCH3 is 1. The summed E-state index contributed by atoms with van der Waals surface area (Å²) in [7, 11) is 1.50. The standard InChI is InChI=1S/C16H26O4/c1-14(13(17)18-3)7-5-8-15(2)12(14)6-4-9-16(15)19-10-11-20-16/h12H,4-11H2,1-3H3/t12-,14-,15-/m1/s1. The molecule has 2 aliphatic carbocycles. The van der Waals surface area contributed by atoms with E-state index in [1.165, 1.54) is 7.11 Å². The largest absolute Gasteiger partial charge is 0.469 e. The van der Waals surface area contributed by atoms with Crippen molar-refractivity contribution in [2.45, 2.75) is 58.2 Å². The molecule has 3 rings (SSSR count). The van der Waals surface area contributed by atoms with Crippen LogP contribution in [0, 0.1) is 16.7 Å². The van der Waals surface area contributed by atoms with Crippen molar-refractivity contribution in [3.8, 4) is 0 Å². The van der Waals surface area contributed by atoms with Gasteiger partial charge < -0.3 is 14.2 Å². The summed E-state index contributed by atoms with van der Waals surface area (Å²) >= 11 is 0. The van der Waals surface area contributed by atoms with Gasteiger partial charge in [-0.3, -0.25) is 4.79 Å². The van der Waals surface area contributed by atoms with Crippen molar-refractivity contribution < 1.29 is 19.0 Å². The van der Waals surface area contributed by atoms with Gasteiger partial charge in [0, 0.05) is 11.8 Å². The van der Waals surface area contributed by atoms with Crippen LogP contribution in [0.25, 0.3) is 0 Å². The summed E-state index contributed by atoms with van der Waals surface area (Å²) in [6.07, 6.45) is 6.11. The van der Waals surface area contributed by atoms with E-state index < -0.39 is 11.2 Å². The molecule has 1 spiro atoms. The van der Waals surface area contributed by atoms with Gasteiger partial charge in [-0.2, -0.15) is 0 Å². The average Bonchev–Trinajstić information content (AvgIpc) is 2.90. The van der Waals surface area contributed by atoms with E-state index in [0.29, 0.717) is 13.2 Å². The fourth-order valence-corrected chi connectivity index (χ4v) is 5.20. The number of hydrogen-bond acceptors (Lipinski definition) is 4. The molecular formula is C16H26O4.